The van der Waals surface area contributed by atoms with Gasteiger partial charge in [0.15, 0.2) is 5.13 Å². The first-order valence-corrected chi connectivity index (χ1v) is 7.85. The first-order chi connectivity index (χ1) is 9.33. The van der Waals surface area contributed by atoms with E-state index in [1.165, 1.54) is 0 Å². The molecule has 1 unspecified atom stereocenters. The number of carbonyl (C=O) groups excluding carboxylic acids is 1. The van der Waals surface area contributed by atoms with Gasteiger partial charge in [-0.15, -0.1) is 23.7 Å². The number of hydrogen-bond donors (Lipinski definition) is 2. The normalized spacial score (nSPS) is 17.9. The standard InChI is InChI=1S/C13H22N4OS.ClH/c1-2-5-14-6-7-15-12(18)11-4-3-9-17(11)13-16-8-10-19-13;/h8,10-11,14H,2-7,9H2,1H3,(H,15,18);1H. The Hall–Kier alpha value is -0.850. The van der Waals surface area contributed by atoms with E-state index in [9.17, 15) is 4.79 Å². The fourth-order valence-corrected chi connectivity index (χ4v) is 3.04. The maximum Gasteiger partial charge on any atom is 0.242 e. The van der Waals surface area contributed by atoms with Crippen LogP contribution in [-0.2, 0) is 4.79 Å². The van der Waals surface area contributed by atoms with Gasteiger partial charge in [-0.05, 0) is 25.8 Å². The number of halogens is 1. The number of nitrogens with zero attached hydrogens (tertiary/aromatic N) is 2. The zero-order valence-corrected chi connectivity index (χ0v) is 13.4. The molecule has 2 heterocycles. The molecule has 0 aliphatic carbocycles. The molecule has 0 saturated carbocycles. The first kappa shape index (κ1) is 17.2. The van der Waals surface area contributed by atoms with Gasteiger partial charge in [0.1, 0.15) is 6.04 Å². The molecule has 114 valence electrons. The molecule has 7 heteroatoms. The average molecular weight is 319 g/mol. The molecule has 0 aromatic carbocycles. The molecule has 1 saturated heterocycles. The Bertz CT molecular complexity index is 388. The number of aromatic nitrogens is 1. The van der Waals surface area contributed by atoms with Crippen molar-refractivity contribution in [3.8, 4) is 0 Å². The van der Waals surface area contributed by atoms with E-state index >= 15 is 0 Å². The van der Waals surface area contributed by atoms with E-state index in [2.05, 4.69) is 27.4 Å². The van der Waals surface area contributed by atoms with Gasteiger partial charge in [-0.1, -0.05) is 6.92 Å². The summed E-state index contributed by atoms with van der Waals surface area (Å²) in [7, 11) is 0. The van der Waals surface area contributed by atoms with E-state index in [1.807, 2.05) is 5.38 Å². The second-order valence-corrected chi connectivity index (χ2v) is 5.58. The van der Waals surface area contributed by atoms with Crippen molar-refractivity contribution in [2.24, 2.45) is 0 Å². The molecule has 5 nitrogen and oxygen atoms in total. The van der Waals surface area contributed by atoms with E-state index in [1.54, 1.807) is 17.5 Å². The van der Waals surface area contributed by atoms with Gasteiger partial charge in [0, 0.05) is 31.2 Å². The minimum Gasteiger partial charge on any atom is -0.353 e. The summed E-state index contributed by atoms with van der Waals surface area (Å²) in [6, 6.07) is -0.0441. The summed E-state index contributed by atoms with van der Waals surface area (Å²) in [5, 5.41) is 9.21. The molecule has 1 amide bonds. The number of hydrogen-bond acceptors (Lipinski definition) is 5. The summed E-state index contributed by atoms with van der Waals surface area (Å²) in [5.41, 5.74) is 0. The van der Waals surface area contributed by atoms with Crippen molar-refractivity contribution < 1.29 is 4.79 Å². The van der Waals surface area contributed by atoms with Gasteiger partial charge in [-0.3, -0.25) is 4.79 Å². The molecule has 0 bridgehead atoms. The van der Waals surface area contributed by atoms with Crippen LogP contribution in [0.2, 0.25) is 0 Å². The topological polar surface area (TPSA) is 57.3 Å². The van der Waals surface area contributed by atoms with E-state index in [0.717, 1.165) is 44.0 Å². The Morgan fingerprint density at radius 2 is 2.35 bits per heavy atom. The fourth-order valence-electron chi connectivity index (χ4n) is 2.32. The third kappa shape index (κ3) is 4.61. The van der Waals surface area contributed by atoms with Crippen LogP contribution >= 0.6 is 23.7 Å². The number of amides is 1. The molecule has 0 radical (unpaired) electrons. The Labute approximate surface area is 130 Å². The van der Waals surface area contributed by atoms with Crippen molar-refractivity contribution in [1.82, 2.24) is 15.6 Å². The van der Waals surface area contributed by atoms with Crippen LogP contribution in [0.15, 0.2) is 11.6 Å². The predicted molar refractivity (Wildman–Crippen MR) is 85.9 cm³/mol. The van der Waals surface area contributed by atoms with E-state index in [4.69, 9.17) is 0 Å². The van der Waals surface area contributed by atoms with Crippen LogP contribution in [0.3, 0.4) is 0 Å². The summed E-state index contributed by atoms with van der Waals surface area (Å²) < 4.78 is 0. The molecule has 1 aliphatic heterocycles. The van der Waals surface area contributed by atoms with E-state index < -0.39 is 0 Å². The monoisotopic (exact) mass is 318 g/mol. The van der Waals surface area contributed by atoms with Crippen molar-refractivity contribution in [2.75, 3.05) is 31.1 Å². The number of rotatable bonds is 7. The van der Waals surface area contributed by atoms with Gasteiger partial charge < -0.3 is 15.5 Å². The lowest BCUT2D eigenvalue weighted by Gasteiger charge is -2.23. The van der Waals surface area contributed by atoms with Crippen LogP contribution in [-0.4, -0.2) is 43.1 Å². The van der Waals surface area contributed by atoms with Crippen LogP contribution in [0, 0.1) is 0 Å². The first-order valence-electron chi connectivity index (χ1n) is 6.97. The highest BCUT2D eigenvalue weighted by atomic mass is 35.5. The maximum absolute atomic E-state index is 12.2. The van der Waals surface area contributed by atoms with E-state index in [0.29, 0.717) is 6.54 Å². The number of anilines is 1. The third-order valence-corrected chi connectivity index (χ3v) is 4.06. The lowest BCUT2D eigenvalue weighted by atomic mass is 10.2. The number of thiazole rings is 1. The molecule has 1 fully saturated rings. The van der Waals surface area contributed by atoms with Crippen molar-refractivity contribution in [1.29, 1.82) is 0 Å². The Morgan fingerprint density at radius 3 is 3.05 bits per heavy atom. The molecular weight excluding hydrogens is 296 g/mol. The summed E-state index contributed by atoms with van der Waals surface area (Å²) in [6.45, 7) is 5.60. The maximum atomic E-state index is 12.2. The minimum absolute atomic E-state index is 0. The summed E-state index contributed by atoms with van der Waals surface area (Å²) in [6.07, 6.45) is 4.90. The molecule has 20 heavy (non-hydrogen) atoms. The summed E-state index contributed by atoms with van der Waals surface area (Å²) in [5.74, 6) is 0.131. The smallest absolute Gasteiger partial charge is 0.242 e. The highest BCUT2D eigenvalue weighted by Gasteiger charge is 2.31. The predicted octanol–water partition coefficient (Wildman–Crippen LogP) is 1.65. The van der Waals surface area contributed by atoms with Crippen LogP contribution in [0.4, 0.5) is 5.13 Å². The minimum atomic E-state index is -0.0441. The molecule has 1 atom stereocenters. The van der Waals surface area contributed by atoms with Gasteiger partial charge in [0.05, 0.1) is 0 Å². The Kier molecular flexibility index (Phi) is 7.87. The second-order valence-electron chi connectivity index (χ2n) is 4.71. The van der Waals surface area contributed by atoms with Crippen molar-refractivity contribution in [2.45, 2.75) is 32.2 Å². The van der Waals surface area contributed by atoms with Crippen LogP contribution in [0.25, 0.3) is 0 Å². The highest BCUT2D eigenvalue weighted by molar-refractivity contribution is 7.13. The van der Waals surface area contributed by atoms with Gasteiger partial charge in [-0.2, -0.15) is 0 Å². The molecule has 1 aromatic heterocycles. The van der Waals surface area contributed by atoms with Crippen LogP contribution in [0.1, 0.15) is 26.2 Å². The fraction of sp³-hybridized carbons (Fsp3) is 0.692. The molecule has 2 N–H and O–H groups in total. The van der Waals surface area contributed by atoms with Gasteiger partial charge >= 0.3 is 0 Å². The summed E-state index contributed by atoms with van der Waals surface area (Å²) in [4.78, 5) is 18.6. The van der Waals surface area contributed by atoms with Gasteiger partial charge in [-0.25, -0.2) is 4.98 Å². The van der Waals surface area contributed by atoms with Crippen molar-refractivity contribution >= 4 is 34.8 Å². The molecular formula is C13H23ClN4OS. The SMILES string of the molecule is CCCNCCNC(=O)C1CCCN1c1nccs1.Cl. The molecule has 1 aromatic rings. The van der Waals surface area contributed by atoms with E-state index in [-0.39, 0.29) is 24.4 Å². The van der Waals surface area contributed by atoms with Gasteiger partial charge in [0.2, 0.25) is 5.91 Å². The van der Waals surface area contributed by atoms with Crippen LogP contribution in [0.5, 0.6) is 0 Å². The lowest BCUT2D eigenvalue weighted by Crippen LogP contribution is -2.45. The Morgan fingerprint density at radius 1 is 1.50 bits per heavy atom. The average Bonchev–Trinajstić information content (AvgIpc) is 3.08. The highest BCUT2D eigenvalue weighted by Crippen LogP contribution is 2.27. The molecule has 2 rings (SSSR count). The lowest BCUT2D eigenvalue weighted by molar-refractivity contribution is -0.122. The molecule has 1 aliphatic rings. The zero-order chi connectivity index (χ0) is 13.5. The zero-order valence-electron chi connectivity index (χ0n) is 11.8. The summed E-state index contributed by atoms with van der Waals surface area (Å²) >= 11 is 1.60. The van der Waals surface area contributed by atoms with Crippen molar-refractivity contribution in [3.63, 3.8) is 0 Å². The molecule has 0 spiro atoms. The third-order valence-electron chi connectivity index (χ3n) is 3.25. The second kappa shape index (κ2) is 9.15. The van der Waals surface area contributed by atoms with Gasteiger partial charge in [0.25, 0.3) is 0 Å². The van der Waals surface area contributed by atoms with Crippen LogP contribution < -0.4 is 15.5 Å². The number of carbonyl (C=O) groups is 1. The Balaban J connectivity index is 0.00000200. The number of nitrogens with one attached hydrogen (secondary N) is 2. The largest absolute Gasteiger partial charge is 0.353 e. The van der Waals surface area contributed by atoms with Crippen molar-refractivity contribution in [3.05, 3.63) is 11.6 Å². The quantitative estimate of drug-likeness (QED) is 0.751.